The maximum atomic E-state index is 11.6. The van der Waals surface area contributed by atoms with Crippen LogP contribution in [-0.2, 0) is 13.2 Å². The molecular weight excluding hydrogens is 254 g/mol. The lowest BCUT2D eigenvalue weighted by Crippen LogP contribution is -2.12. The number of hydrogen-bond donors (Lipinski definition) is 1. The van der Waals surface area contributed by atoms with Gasteiger partial charge in [-0.15, -0.1) is 0 Å². The van der Waals surface area contributed by atoms with Crippen LogP contribution in [0.5, 0.6) is 11.5 Å². The van der Waals surface area contributed by atoms with E-state index in [4.69, 9.17) is 9.47 Å². The smallest absolute Gasteiger partial charge is 0.252 e. The summed E-state index contributed by atoms with van der Waals surface area (Å²) in [6.45, 7) is 1.01. The van der Waals surface area contributed by atoms with E-state index in [2.05, 4.69) is 5.32 Å². The molecule has 0 saturated heterocycles. The van der Waals surface area contributed by atoms with Crippen molar-refractivity contribution < 1.29 is 14.3 Å². The maximum Gasteiger partial charge on any atom is 0.252 e. The van der Waals surface area contributed by atoms with E-state index in [0.29, 0.717) is 24.5 Å². The van der Waals surface area contributed by atoms with Gasteiger partial charge >= 0.3 is 0 Å². The minimum absolute atomic E-state index is 0.0391. The number of fused-ring (bicyclic) bond motifs is 1. The molecule has 0 fully saturated rings. The molecule has 3 rings (SSSR count). The summed E-state index contributed by atoms with van der Waals surface area (Å²) in [7, 11) is 1.64. The van der Waals surface area contributed by atoms with Crippen LogP contribution in [0.1, 0.15) is 21.5 Å². The van der Waals surface area contributed by atoms with E-state index in [1.807, 2.05) is 36.4 Å². The third kappa shape index (κ3) is 2.32. The second-order valence-corrected chi connectivity index (χ2v) is 4.60. The number of carbonyl (C=O) groups is 1. The van der Waals surface area contributed by atoms with Crippen LogP contribution in [0.25, 0.3) is 0 Å². The van der Waals surface area contributed by atoms with E-state index in [1.165, 1.54) is 0 Å². The number of methoxy groups -OCH3 is 1. The molecule has 0 aliphatic carbocycles. The Labute approximate surface area is 117 Å². The fourth-order valence-electron chi connectivity index (χ4n) is 2.26. The molecule has 0 spiro atoms. The lowest BCUT2D eigenvalue weighted by atomic mass is 10.1. The molecule has 102 valence electrons. The first-order chi connectivity index (χ1) is 9.78. The Morgan fingerprint density at radius 1 is 1.20 bits per heavy atom. The van der Waals surface area contributed by atoms with E-state index in [-0.39, 0.29) is 5.91 Å². The molecule has 4 nitrogen and oxygen atoms in total. The van der Waals surface area contributed by atoms with Gasteiger partial charge in [-0.1, -0.05) is 24.3 Å². The lowest BCUT2D eigenvalue weighted by Gasteiger charge is -2.10. The summed E-state index contributed by atoms with van der Waals surface area (Å²) in [6, 6.07) is 13.3. The van der Waals surface area contributed by atoms with Gasteiger partial charge < -0.3 is 14.8 Å². The summed E-state index contributed by atoms with van der Waals surface area (Å²) >= 11 is 0. The van der Waals surface area contributed by atoms with Gasteiger partial charge in [-0.05, 0) is 23.8 Å². The number of benzene rings is 2. The monoisotopic (exact) mass is 269 g/mol. The van der Waals surface area contributed by atoms with Crippen molar-refractivity contribution in [2.24, 2.45) is 0 Å². The summed E-state index contributed by atoms with van der Waals surface area (Å²) < 4.78 is 11.0. The predicted octanol–water partition coefficient (Wildman–Crippen LogP) is 2.52. The predicted molar refractivity (Wildman–Crippen MR) is 74.9 cm³/mol. The summed E-state index contributed by atoms with van der Waals surface area (Å²) in [5, 5.41) is 2.79. The average Bonchev–Trinajstić information content (AvgIpc) is 2.86. The molecular formula is C16H15NO3. The number of amides is 1. The molecule has 1 aliphatic rings. The van der Waals surface area contributed by atoms with Gasteiger partial charge in [0.05, 0.1) is 7.11 Å². The largest absolute Gasteiger partial charge is 0.496 e. The summed E-state index contributed by atoms with van der Waals surface area (Å²) in [4.78, 5) is 11.6. The summed E-state index contributed by atoms with van der Waals surface area (Å²) in [6.07, 6.45) is 0. The minimum Gasteiger partial charge on any atom is -0.496 e. The first-order valence-electron chi connectivity index (χ1n) is 6.44. The Balaban J connectivity index is 1.76. The number of nitrogens with one attached hydrogen (secondary N) is 1. The van der Waals surface area contributed by atoms with Gasteiger partial charge in [0.1, 0.15) is 18.1 Å². The van der Waals surface area contributed by atoms with Gasteiger partial charge in [-0.2, -0.15) is 0 Å². The molecule has 0 radical (unpaired) electrons. The quantitative estimate of drug-likeness (QED) is 0.927. The molecule has 2 aromatic carbocycles. The summed E-state index contributed by atoms with van der Waals surface area (Å²) in [5.74, 6) is 1.45. The first-order valence-corrected chi connectivity index (χ1v) is 6.44. The van der Waals surface area contributed by atoms with Crippen LogP contribution >= 0.6 is 0 Å². The highest BCUT2D eigenvalue weighted by molar-refractivity contribution is 5.98. The van der Waals surface area contributed by atoms with Crippen LogP contribution in [-0.4, -0.2) is 13.0 Å². The fraction of sp³-hybridized carbons (Fsp3) is 0.188. The van der Waals surface area contributed by atoms with Crippen molar-refractivity contribution >= 4 is 5.91 Å². The molecule has 4 heteroatoms. The molecule has 20 heavy (non-hydrogen) atoms. The van der Waals surface area contributed by atoms with Crippen molar-refractivity contribution in [2.75, 3.05) is 7.11 Å². The second kappa shape index (κ2) is 5.25. The molecule has 1 N–H and O–H groups in total. The molecule has 1 amide bonds. The zero-order valence-corrected chi connectivity index (χ0v) is 11.2. The Kier molecular flexibility index (Phi) is 3.29. The van der Waals surface area contributed by atoms with Gasteiger partial charge in [0, 0.05) is 17.7 Å². The van der Waals surface area contributed by atoms with Crippen LogP contribution in [0.4, 0.5) is 0 Å². The third-order valence-corrected chi connectivity index (χ3v) is 3.35. The number of ether oxygens (including phenoxy) is 2. The fourth-order valence-corrected chi connectivity index (χ4v) is 2.26. The minimum atomic E-state index is -0.0391. The van der Waals surface area contributed by atoms with Crippen LogP contribution in [0.3, 0.4) is 0 Å². The molecule has 0 aromatic heterocycles. The van der Waals surface area contributed by atoms with Crippen molar-refractivity contribution in [3.63, 3.8) is 0 Å². The molecule has 0 saturated carbocycles. The van der Waals surface area contributed by atoms with Crippen LogP contribution in [0.15, 0.2) is 42.5 Å². The van der Waals surface area contributed by atoms with Gasteiger partial charge in [-0.3, -0.25) is 4.79 Å². The normalized spacial score (nSPS) is 12.8. The van der Waals surface area contributed by atoms with E-state index < -0.39 is 0 Å². The molecule has 0 unspecified atom stereocenters. The van der Waals surface area contributed by atoms with Crippen molar-refractivity contribution in [3.05, 3.63) is 59.2 Å². The Bertz CT molecular complexity index is 652. The SMILES string of the molecule is COc1ccccc1COc1ccc2c(c1)C(=O)NC2. The zero-order chi connectivity index (χ0) is 13.9. The highest BCUT2D eigenvalue weighted by Gasteiger charge is 2.19. The van der Waals surface area contributed by atoms with Crippen molar-refractivity contribution in [3.8, 4) is 11.5 Å². The topological polar surface area (TPSA) is 47.6 Å². The highest BCUT2D eigenvalue weighted by atomic mass is 16.5. The molecule has 0 atom stereocenters. The van der Waals surface area contributed by atoms with Crippen molar-refractivity contribution in [1.82, 2.24) is 5.32 Å². The van der Waals surface area contributed by atoms with Gasteiger partial charge in [0.25, 0.3) is 5.91 Å². The van der Waals surface area contributed by atoms with E-state index in [0.717, 1.165) is 16.9 Å². The van der Waals surface area contributed by atoms with Gasteiger partial charge in [0.15, 0.2) is 0 Å². The Hall–Kier alpha value is -2.49. The van der Waals surface area contributed by atoms with E-state index >= 15 is 0 Å². The van der Waals surface area contributed by atoms with Crippen molar-refractivity contribution in [1.29, 1.82) is 0 Å². The zero-order valence-electron chi connectivity index (χ0n) is 11.2. The Morgan fingerprint density at radius 3 is 2.90 bits per heavy atom. The molecule has 1 aliphatic heterocycles. The number of hydrogen-bond acceptors (Lipinski definition) is 3. The lowest BCUT2D eigenvalue weighted by molar-refractivity contribution is 0.0965. The van der Waals surface area contributed by atoms with Crippen LogP contribution in [0.2, 0.25) is 0 Å². The molecule has 0 bridgehead atoms. The average molecular weight is 269 g/mol. The van der Waals surface area contributed by atoms with Crippen LogP contribution in [0, 0.1) is 0 Å². The number of rotatable bonds is 4. The van der Waals surface area contributed by atoms with Gasteiger partial charge in [-0.25, -0.2) is 0 Å². The maximum absolute atomic E-state index is 11.6. The second-order valence-electron chi connectivity index (χ2n) is 4.60. The number of para-hydroxylation sites is 1. The summed E-state index contributed by atoms with van der Waals surface area (Å²) in [5.41, 5.74) is 2.68. The molecule has 2 aromatic rings. The Morgan fingerprint density at radius 2 is 2.05 bits per heavy atom. The van der Waals surface area contributed by atoms with E-state index in [1.54, 1.807) is 13.2 Å². The number of carbonyl (C=O) groups excluding carboxylic acids is 1. The standard InChI is InChI=1S/C16H15NO3/c1-19-15-5-3-2-4-12(15)10-20-13-7-6-11-9-17-16(18)14(11)8-13/h2-8H,9-10H2,1H3,(H,17,18). The van der Waals surface area contributed by atoms with E-state index in [9.17, 15) is 4.79 Å². The van der Waals surface area contributed by atoms with Gasteiger partial charge in [0.2, 0.25) is 0 Å². The van der Waals surface area contributed by atoms with Crippen molar-refractivity contribution in [2.45, 2.75) is 13.2 Å². The first kappa shape index (κ1) is 12.5. The highest BCUT2D eigenvalue weighted by Crippen LogP contribution is 2.24. The third-order valence-electron chi connectivity index (χ3n) is 3.35. The molecule has 1 heterocycles. The van der Waals surface area contributed by atoms with Crippen LogP contribution < -0.4 is 14.8 Å².